The molecular weight excluding hydrogens is 298 g/mol. The number of halogens is 2. The number of carbonyl (C=O) groups excluding carboxylic acids is 1. The van der Waals surface area contributed by atoms with Gasteiger partial charge in [-0.05, 0) is 18.6 Å². The Kier molecular flexibility index (Phi) is 4.81. The molecule has 1 heterocycles. The van der Waals surface area contributed by atoms with Gasteiger partial charge in [0.15, 0.2) is 11.6 Å². The number of nitrogen functional groups attached to an aromatic ring is 1. The van der Waals surface area contributed by atoms with Crippen molar-refractivity contribution in [3.05, 3.63) is 45.9 Å². The summed E-state index contributed by atoms with van der Waals surface area (Å²) in [6.45, 7) is 1.88. The lowest BCUT2D eigenvalue weighted by molar-refractivity contribution is 0.0934. The highest BCUT2D eigenvalue weighted by molar-refractivity contribution is 7.09. The van der Waals surface area contributed by atoms with Gasteiger partial charge in [0.1, 0.15) is 10.7 Å². The van der Waals surface area contributed by atoms with Crippen molar-refractivity contribution >= 4 is 22.9 Å². The Labute approximate surface area is 124 Å². The van der Waals surface area contributed by atoms with Gasteiger partial charge in [0.25, 0.3) is 5.91 Å². The first-order chi connectivity index (χ1) is 10.1. The average Bonchev–Trinajstić information content (AvgIpc) is 2.98. The average molecular weight is 312 g/mol. The number of nitrogens with zero attached hydrogens (tertiary/aromatic N) is 1. The Bertz CT molecular complexity index is 610. The number of aromatic nitrogens is 1. The molecule has 4 N–H and O–H groups in total. The third kappa shape index (κ3) is 3.34. The van der Waals surface area contributed by atoms with Gasteiger partial charge in [-0.2, -0.15) is 0 Å². The van der Waals surface area contributed by atoms with E-state index in [9.17, 15) is 13.6 Å². The third-order valence-electron chi connectivity index (χ3n) is 2.91. The normalized spacial score (nSPS) is 12.0. The number of hydrazine groups is 1. The Balaban J connectivity index is 2.20. The standard InChI is InChI=1S/C13H14F2N4OS/c1-2-10(13-17-3-4-21-13)18-12(20)7-5-8(14)11(19-16)9(15)6-7/h3-6,10,19H,2,16H2,1H3,(H,18,20). The largest absolute Gasteiger partial charge is 0.343 e. The van der Waals surface area contributed by atoms with E-state index in [1.54, 1.807) is 11.6 Å². The lowest BCUT2D eigenvalue weighted by Gasteiger charge is -2.15. The highest BCUT2D eigenvalue weighted by Gasteiger charge is 2.19. The van der Waals surface area contributed by atoms with E-state index >= 15 is 0 Å². The molecule has 1 aromatic carbocycles. The highest BCUT2D eigenvalue weighted by Crippen LogP contribution is 2.22. The van der Waals surface area contributed by atoms with Gasteiger partial charge in [-0.1, -0.05) is 6.92 Å². The monoisotopic (exact) mass is 312 g/mol. The molecule has 112 valence electrons. The summed E-state index contributed by atoms with van der Waals surface area (Å²) in [5.41, 5.74) is 1.33. The van der Waals surface area contributed by atoms with Gasteiger partial charge in [-0.3, -0.25) is 10.6 Å². The molecule has 0 saturated heterocycles. The topological polar surface area (TPSA) is 80.0 Å². The van der Waals surface area contributed by atoms with Crippen LogP contribution >= 0.6 is 11.3 Å². The second kappa shape index (κ2) is 6.59. The van der Waals surface area contributed by atoms with E-state index in [0.29, 0.717) is 6.42 Å². The van der Waals surface area contributed by atoms with Crippen LogP contribution in [0.2, 0.25) is 0 Å². The summed E-state index contributed by atoms with van der Waals surface area (Å²) >= 11 is 1.40. The fourth-order valence-corrected chi connectivity index (χ4v) is 2.60. The van der Waals surface area contributed by atoms with E-state index in [2.05, 4.69) is 10.3 Å². The van der Waals surface area contributed by atoms with E-state index in [0.717, 1.165) is 17.1 Å². The van der Waals surface area contributed by atoms with Crippen LogP contribution in [-0.4, -0.2) is 10.9 Å². The lowest BCUT2D eigenvalue weighted by atomic mass is 10.1. The quantitative estimate of drug-likeness (QED) is 0.585. The van der Waals surface area contributed by atoms with Crippen LogP contribution in [0, 0.1) is 11.6 Å². The molecule has 2 rings (SSSR count). The predicted molar refractivity (Wildman–Crippen MR) is 76.8 cm³/mol. The number of nitrogens with two attached hydrogens (primary N) is 1. The molecule has 0 radical (unpaired) electrons. The number of benzene rings is 1. The minimum atomic E-state index is -0.926. The minimum absolute atomic E-state index is 0.112. The van der Waals surface area contributed by atoms with Gasteiger partial charge in [0.2, 0.25) is 0 Å². The molecule has 2 aromatic rings. The predicted octanol–water partition coefficient (Wildman–Crippen LogP) is 2.59. The molecule has 0 bridgehead atoms. The van der Waals surface area contributed by atoms with Gasteiger partial charge in [-0.25, -0.2) is 13.8 Å². The number of carbonyl (C=O) groups is 1. The van der Waals surface area contributed by atoms with E-state index in [1.165, 1.54) is 11.3 Å². The van der Waals surface area contributed by atoms with Crippen LogP contribution in [0.5, 0.6) is 0 Å². The van der Waals surface area contributed by atoms with Crippen molar-refractivity contribution in [1.29, 1.82) is 0 Å². The molecular formula is C13H14F2N4OS. The smallest absolute Gasteiger partial charge is 0.252 e. The fourth-order valence-electron chi connectivity index (χ4n) is 1.83. The maximum atomic E-state index is 13.6. The molecule has 21 heavy (non-hydrogen) atoms. The molecule has 1 unspecified atom stereocenters. The molecule has 0 saturated carbocycles. The van der Waals surface area contributed by atoms with Crippen molar-refractivity contribution < 1.29 is 13.6 Å². The summed E-state index contributed by atoms with van der Waals surface area (Å²) in [5, 5.41) is 5.24. The second-order valence-corrected chi connectivity index (χ2v) is 5.19. The summed E-state index contributed by atoms with van der Waals surface area (Å²) in [7, 11) is 0. The Morgan fingerprint density at radius 1 is 1.43 bits per heavy atom. The van der Waals surface area contributed by atoms with Crippen molar-refractivity contribution in [2.45, 2.75) is 19.4 Å². The van der Waals surface area contributed by atoms with Crippen molar-refractivity contribution in [3.63, 3.8) is 0 Å². The van der Waals surface area contributed by atoms with E-state index in [4.69, 9.17) is 5.84 Å². The van der Waals surface area contributed by atoms with E-state index < -0.39 is 23.2 Å². The van der Waals surface area contributed by atoms with Crippen LogP contribution in [0.3, 0.4) is 0 Å². The number of rotatable bonds is 5. The first-order valence-electron chi connectivity index (χ1n) is 6.22. The summed E-state index contributed by atoms with van der Waals surface area (Å²) in [4.78, 5) is 16.2. The van der Waals surface area contributed by atoms with E-state index in [1.807, 2.05) is 12.3 Å². The summed E-state index contributed by atoms with van der Waals surface area (Å²) < 4.78 is 27.2. The second-order valence-electron chi connectivity index (χ2n) is 4.26. The molecule has 0 aliphatic rings. The number of thiazole rings is 1. The van der Waals surface area contributed by atoms with Crippen LogP contribution in [0.4, 0.5) is 14.5 Å². The Morgan fingerprint density at radius 3 is 2.57 bits per heavy atom. The molecule has 0 spiro atoms. The van der Waals surface area contributed by atoms with Gasteiger partial charge in [0.05, 0.1) is 6.04 Å². The van der Waals surface area contributed by atoms with Crippen molar-refractivity contribution in [2.75, 3.05) is 5.43 Å². The lowest BCUT2D eigenvalue weighted by Crippen LogP contribution is -2.28. The zero-order chi connectivity index (χ0) is 15.4. The molecule has 0 aliphatic heterocycles. The van der Waals surface area contributed by atoms with Crippen LogP contribution in [0.15, 0.2) is 23.7 Å². The maximum absolute atomic E-state index is 13.6. The van der Waals surface area contributed by atoms with Gasteiger partial charge >= 0.3 is 0 Å². The van der Waals surface area contributed by atoms with Crippen molar-refractivity contribution in [3.8, 4) is 0 Å². The molecule has 8 heteroatoms. The number of hydrogen-bond donors (Lipinski definition) is 3. The fraction of sp³-hybridized carbons (Fsp3) is 0.231. The third-order valence-corrected chi connectivity index (χ3v) is 3.80. The number of hydrogen-bond acceptors (Lipinski definition) is 5. The summed E-state index contributed by atoms with van der Waals surface area (Å²) in [6, 6.07) is 1.57. The van der Waals surface area contributed by atoms with Gasteiger partial charge in [0, 0.05) is 17.1 Å². The summed E-state index contributed by atoms with van der Waals surface area (Å²) in [5.74, 6) is 2.58. The Hall–Kier alpha value is -2.06. The molecule has 1 aromatic heterocycles. The van der Waals surface area contributed by atoms with Crippen molar-refractivity contribution in [1.82, 2.24) is 10.3 Å². The molecule has 5 nitrogen and oxygen atoms in total. The van der Waals surface area contributed by atoms with Crippen LogP contribution in [0.1, 0.15) is 34.8 Å². The van der Waals surface area contributed by atoms with Crippen LogP contribution < -0.4 is 16.6 Å². The molecule has 1 amide bonds. The first kappa shape index (κ1) is 15.3. The van der Waals surface area contributed by atoms with Gasteiger partial charge in [-0.15, -0.1) is 11.3 Å². The molecule has 0 fully saturated rings. The molecule has 1 atom stereocenters. The number of nitrogens with one attached hydrogen (secondary N) is 2. The van der Waals surface area contributed by atoms with E-state index in [-0.39, 0.29) is 11.6 Å². The maximum Gasteiger partial charge on any atom is 0.252 e. The molecule has 0 aliphatic carbocycles. The zero-order valence-corrected chi connectivity index (χ0v) is 12.0. The van der Waals surface area contributed by atoms with Gasteiger partial charge < -0.3 is 10.7 Å². The summed E-state index contributed by atoms with van der Waals surface area (Å²) in [6.07, 6.45) is 2.25. The highest BCUT2D eigenvalue weighted by atomic mass is 32.1. The van der Waals surface area contributed by atoms with Crippen LogP contribution in [-0.2, 0) is 0 Å². The SMILES string of the molecule is CCC(NC(=O)c1cc(F)c(NN)c(F)c1)c1nccs1. The first-order valence-corrected chi connectivity index (χ1v) is 7.10. The number of amides is 1. The van der Waals surface area contributed by atoms with Crippen molar-refractivity contribution in [2.24, 2.45) is 5.84 Å². The zero-order valence-electron chi connectivity index (χ0n) is 11.2. The number of anilines is 1. The minimum Gasteiger partial charge on any atom is -0.343 e. The van der Waals surface area contributed by atoms with Crippen LogP contribution in [0.25, 0.3) is 0 Å². The Morgan fingerprint density at radius 2 is 2.10 bits per heavy atom.